The second kappa shape index (κ2) is 6.96. The molecule has 0 aliphatic carbocycles. The molecule has 0 unspecified atom stereocenters. The number of methoxy groups -OCH3 is 1. The zero-order chi connectivity index (χ0) is 17.9. The average molecular weight is 349 g/mol. The van der Waals surface area contributed by atoms with E-state index in [2.05, 4.69) is 33.9 Å². The maximum Gasteiger partial charge on any atom is 0.356 e. The molecule has 0 aliphatic rings. The minimum atomic E-state index is -3.67. The molecule has 1 aromatic carbocycles. The van der Waals surface area contributed by atoms with E-state index in [1.165, 1.54) is 13.2 Å². The molecule has 1 aromatic heterocycles. The number of esters is 1. The largest absolute Gasteiger partial charge is 0.464 e. The molecule has 7 nitrogen and oxygen atoms in total. The van der Waals surface area contributed by atoms with Crippen LogP contribution in [-0.2, 0) is 14.6 Å². The Morgan fingerprint density at radius 2 is 1.92 bits per heavy atom. The number of hydrogen-bond acceptors (Lipinski definition) is 7. The number of ether oxygens (including phenoxy) is 1. The van der Waals surface area contributed by atoms with Crippen LogP contribution in [0.25, 0.3) is 0 Å². The predicted octanol–water partition coefficient (Wildman–Crippen LogP) is 2.53. The van der Waals surface area contributed by atoms with Crippen LogP contribution >= 0.6 is 0 Å². The highest BCUT2D eigenvalue weighted by atomic mass is 32.2. The Morgan fingerprint density at radius 1 is 1.21 bits per heavy atom. The molecular formula is C16H19N3O4S. The van der Waals surface area contributed by atoms with Crippen LogP contribution in [-0.4, -0.2) is 37.7 Å². The molecule has 0 fully saturated rings. The maximum atomic E-state index is 11.7. The van der Waals surface area contributed by atoms with Crippen molar-refractivity contribution in [3.05, 3.63) is 41.6 Å². The normalized spacial score (nSPS) is 11.4. The highest BCUT2D eigenvalue weighted by molar-refractivity contribution is 7.90. The van der Waals surface area contributed by atoms with Gasteiger partial charge in [-0.25, -0.2) is 23.2 Å². The van der Waals surface area contributed by atoms with Crippen molar-refractivity contribution in [1.29, 1.82) is 0 Å². The number of sulfone groups is 1. The first kappa shape index (κ1) is 17.9. The molecule has 24 heavy (non-hydrogen) atoms. The molecule has 1 N–H and O–H groups in total. The number of nitrogens with zero attached hydrogens (tertiary/aromatic N) is 2. The van der Waals surface area contributed by atoms with Gasteiger partial charge in [0.1, 0.15) is 5.82 Å². The molecule has 0 atom stereocenters. The van der Waals surface area contributed by atoms with Crippen molar-refractivity contribution in [3.8, 4) is 0 Å². The van der Waals surface area contributed by atoms with E-state index in [4.69, 9.17) is 0 Å². The number of benzene rings is 1. The van der Waals surface area contributed by atoms with Gasteiger partial charge in [0.25, 0.3) is 0 Å². The number of carbonyl (C=O) groups is 1. The standard InChI is InChI=1S/C16H19N3O4S/c1-10(2)11-6-5-7-12(8-11)17-14-9-13(15(20)23-3)18-16(19-14)24(4,21)22/h5-10H,1-4H3,(H,17,18,19). The summed E-state index contributed by atoms with van der Waals surface area (Å²) in [5.74, 6) is -0.192. The summed E-state index contributed by atoms with van der Waals surface area (Å²) < 4.78 is 28.1. The van der Waals surface area contributed by atoms with Gasteiger partial charge in [0, 0.05) is 18.0 Å². The van der Waals surface area contributed by atoms with Crippen LogP contribution in [0.1, 0.15) is 35.8 Å². The molecule has 2 aromatic rings. The fourth-order valence-electron chi connectivity index (χ4n) is 1.99. The fourth-order valence-corrected chi connectivity index (χ4v) is 2.52. The van der Waals surface area contributed by atoms with Crippen molar-refractivity contribution in [2.45, 2.75) is 24.9 Å². The van der Waals surface area contributed by atoms with E-state index in [9.17, 15) is 13.2 Å². The zero-order valence-electron chi connectivity index (χ0n) is 13.9. The zero-order valence-corrected chi connectivity index (χ0v) is 14.7. The molecule has 8 heteroatoms. The SMILES string of the molecule is COC(=O)c1cc(Nc2cccc(C(C)C)c2)nc(S(C)(=O)=O)n1. The number of anilines is 2. The number of rotatable bonds is 5. The topological polar surface area (TPSA) is 98.2 Å². The van der Waals surface area contributed by atoms with Crippen LogP contribution in [0.5, 0.6) is 0 Å². The Morgan fingerprint density at radius 3 is 2.50 bits per heavy atom. The lowest BCUT2D eigenvalue weighted by Crippen LogP contribution is -2.12. The molecule has 0 saturated heterocycles. The first-order valence-corrected chi connectivity index (χ1v) is 9.14. The van der Waals surface area contributed by atoms with Crippen molar-refractivity contribution in [2.24, 2.45) is 0 Å². The van der Waals surface area contributed by atoms with Gasteiger partial charge in [-0.1, -0.05) is 26.0 Å². The third-order valence-corrected chi connectivity index (χ3v) is 4.10. The summed E-state index contributed by atoms with van der Waals surface area (Å²) in [7, 11) is -2.48. The lowest BCUT2D eigenvalue weighted by Gasteiger charge is -2.11. The van der Waals surface area contributed by atoms with E-state index < -0.39 is 21.0 Å². The van der Waals surface area contributed by atoms with Gasteiger partial charge in [0.2, 0.25) is 15.0 Å². The van der Waals surface area contributed by atoms with Crippen LogP contribution in [0.15, 0.2) is 35.5 Å². The lowest BCUT2D eigenvalue weighted by molar-refractivity contribution is 0.0593. The van der Waals surface area contributed by atoms with Crippen molar-refractivity contribution >= 4 is 27.3 Å². The smallest absolute Gasteiger partial charge is 0.356 e. The van der Waals surface area contributed by atoms with E-state index in [-0.39, 0.29) is 11.5 Å². The average Bonchev–Trinajstić information content (AvgIpc) is 2.53. The van der Waals surface area contributed by atoms with Crippen molar-refractivity contribution < 1.29 is 17.9 Å². The molecule has 0 spiro atoms. The van der Waals surface area contributed by atoms with Gasteiger partial charge < -0.3 is 10.1 Å². The van der Waals surface area contributed by atoms with Crippen molar-refractivity contribution in [3.63, 3.8) is 0 Å². The molecule has 0 saturated carbocycles. The van der Waals surface area contributed by atoms with E-state index in [1.54, 1.807) is 0 Å². The maximum absolute atomic E-state index is 11.7. The number of nitrogens with one attached hydrogen (secondary N) is 1. The summed E-state index contributed by atoms with van der Waals surface area (Å²) >= 11 is 0. The monoisotopic (exact) mass is 349 g/mol. The van der Waals surface area contributed by atoms with Gasteiger partial charge in [-0.15, -0.1) is 0 Å². The number of aromatic nitrogens is 2. The summed E-state index contributed by atoms with van der Waals surface area (Å²) in [6.45, 7) is 4.14. The van der Waals surface area contributed by atoms with E-state index >= 15 is 0 Å². The van der Waals surface area contributed by atoms with Gasteiger partial charge in [-0.2, -0.15) is 0 Å². The molecule has 2 rings (SSSR count). The summed E-state index contributed by atoms with van der Waals surface area (Å²) in [6, 6.07) is 8.99. The van der Waals surface area contributed by atoms with Crippen LogP contribution in [0.2, 0.25) is 0 Å². The Kier molecular flexibility index (Phi) is 5.18. The second-order valence-corrected chi connectivity index (χ2v) is 7.50. The van der Waals surface area contributed by atoms with Crippen LogP contribution in [0, 0.1) is 0 Å². The van der Waals surface area contributed by atoms with Gasteiger partial charge in [0.05, 0.1) is 7.11 Å². The van der Waals surface area contributed by atoms with E-state index in [1.807, 2.05) is 24.3 Å². The van der Waals surface area contributed by atoms with Crippen LogP contribution in [0.3, 0.4) is 0 Å². The molecule has 0 bridgehead atoms. The minimum Gasteiger partial charge on any atom is -0.464 e. The van der Waals surface area contributed by atoms with E-state index in [0.717, 1.165) is 17.5 Å². The van der Waals surface area contributed by atoms with Crippen molar-refractivity contribution in [2.75, 3.05) is 18.7 Å². The third-order valence-electron chi connectivity index (χ3n) is 3.26. The van der Waals surface area contributed by atoms with Crippen molar-refractivity contribution in [1.82, 2.24) is 9.97 Å². The summed E-state index contributed by atoms with van der Waals surface area (Å²) in [4.78, 5) is 19.4. The lowest BCUT2D eigenvalue weighted by atomic mass is 10.0. The molecule has 128 valence electrons. The minimum absolute atomic E-state index is 0.129. The van der Waals surface area contributed by atoms with Gasteiger partial charge in [0.15, 0.2) is 5.69 Å². The molecule has 1 heterocycles. The highest BCUT2D eigenvalue weighted by Gasteiger charge is 2.18. The van der Waals surface area contributed by atoms with Gasteiger partial charge >= 0.3 is 5.97 Å². The fraction of sp³-hybridized carbons (Fsp3) is 0.312. The highest BCUT2D eigenvalue weighted by Crippen LogP contribution is 2.22. The molecule has 0 aliphatic heterocycles. The number of carbonyl (C=O) groups excluding carboxylic acids is 1. The Bertz CT molecular complexity index is 863. The van der Waals surface area contributed by atoms with E-state index in [0.29, 0.717) is 5.92 Å². The second-order valence-electron chi connectivity index (χ2n) is 5.59. The van der Waals surface area contributed by atoms with Gasteiger partial charge in [-0.05, 0) is 23.6 Å². The Labute approximate surface area is 141 Å². The third kappa shape index (κ3) is 4.29. The first-order chi connectivity index (χ1) is 11.2. The predicted molar refractivity (Wildman–Crippen MR) is 90.3 cm³/mol. The molecule has 0 amide bonds. The summed E-state index contributed by atoms with van der Waals surface area (Å²) in [6.07, 6.45) is 0.979. The summed E-state index contributed by atoms with van der Waals surface area (Å²) in [5.41, 5.74) is 1.72. The van der Waals surface area contributed by atoms with Gasteiger partial charge in [-0.3, -0.25) is 0 Å². The Balaban J connectivity index is 2.46. The van der Waals surface area contributed by atoms with Crippen LogP contribution < -0.4 is 5.32 Å². The molecular weight excluding hydrogens is 330 g/mol. The molecule has 0 radical (unpaired) electrons. The number of hydrogen-bond donors (Lipinski definition) is 1. The first-order valence-electron chi connectivity index (χ1n) is 7.25. The Hall–Kier alpha value is -2.48. The van der Waals surface area contributed by atoms with Crippen LogP contribution in [0.4, 0.5) is 11.5 Å². The summed E-state index contributed by atoms with van der Waals surface area (Å²) in [5, 5.41) is 2.57. The quantitative estimate of drug-likeness (QED) is 0.654.